The van der Waals surface area contributed by atoms with Crippen LogP contribution in [-0.4, -0.2) is 10.9 Å². The van der Waals surface area contributed by atoms with Crippen LogP contribution in [-0.2, 0) is 6.42 Å². The Labute approximate surface area is 75.3 Å². The summed E-state index contributed by atoms with van der Waals surface area (Å²) in [7, 11) is 0. The van der Waals surface area contributed by atoms with Crippen LogP contribution in [0.25, 0.3) is 0 Å². The van der Waals surface area contributed by atoms with Crippen molar-refractivity contribution in [2.75, 3.05) is 0 Å². The van der Waals surface area contributed by atoms with E-state index < -0.39 is 0 Å². The normalized spacial score (nSPS) is 9.83. The number of nitrogens with two attached hydrogens (primary N) is 2. The van der Waals surface area contributed by atoms with Gasteiger partial charge in [-0.3, -0.25) is 0 Å². The lowest BCUT2D eigenvalue weighted by Gasteiger charge is -1.85. The molecule has 0 fully saturated rings. The van der Waals surface area contributed by atoms with Crippen molar-refractivity contribution in [3.8, 4) is 0 Å². The van der Waals surface area contributed by atoms with Gasteiger partial charge >= 0.3 is 0 Å². The fourth-order valence-electron chi connectivity index (χ4n) is 0.899. The maximum absolute atomic E-state index is 5.22. The van der Waals surface area contributed by atoms with Gasteiger partial charge in [-0.25, -0.2) is 4.98 Å². The summed E-state index contributed by atoms with van der Waals surface area (Å²) in [5.41, 5.74) is 11.5. The van der Waals surface area contributed by atoms with Crippen LogP contribution < -0.4 is 11.5 Å². The maximum Gasteiger partial charge on any atom is 0.212 e. The zero-order chi connectivity index (χ0) is 9.14. The number of hydrogen-bond donors (Lipinski definition) is 2. The van der Waals surface area contributed by atoms with Gasteiger partial charge in [-0.15, -0.1) is 0 Å². The molecule has 0 aliphatic rings. The number of thiazole rings is 1. The maximum atomic E-state index is 5.22. The van der Waals surface area contributed by atoms with E-state index in [1.165, 1.54) is 16.2 Å². The van der Waals surface area contributed by atoms with Crippen LogP contribution in [0.5, 0.6) is 0 Å². The van der Waals surface area contributed by atoms with E-state index in [9.17, 15) is 0 Å². The monoisotopic (exact) mass is 184 g/mol. The summed E-state index contributed by atoms with van der Waals surface area (Å²) >= 11 is 1.53. The SMILES string of the molecule is CCc1sc(N=C(N)N)nc1C. The summed E-state index contributed by atoms with van der Waals surface area (Å²) < 4.78 is 0. The Hall–Kier alpha value is -1.10. The molecule has 0 saturated heterocycles. The van der Waals surface area contributed by atoms with Crippen molar-refractivity contribution in [3.63, 3.8) is 0 Å². The van der Waals surface area contributed by atoms with Gasteiger partial charge in [0.05, 0.1) is 5.69 Å². The minimum absolute atomic E-state index is 0.0615. The fraction of sp³-hybridized carbons (Fsp3) is 0.429. The van der Waals surface area contributed by atoms with Crippen molar-refractivity contribution in [3.05, 3.63) is 10.6 Å². The van der Waals surface area contributed by atoms with Crippen LogP contribution in [0.3, 0.4) is 0 Å². The van der Waals surface area contributed by atoms with E-state index in [0.717, 1.165) is 12.1 Å². The first-order valence-electron chi connectivity index (χ1n) is 3.69. The lowest BCUT2D eigenvalue weighted by atomic mass is 10.3. The summed E-state index contributed by atoms with van der Waals surface area (Å²) in [5, 5.41) is 0.643. The number of aromatic nitrogens is 1. The fourth-order valence-corrected chi connectivity index (χ4v) is 1.79. The average molecular weight is 184 g/mol. The van der Waals surface area contributed by atoms with Gasteiger partial charge < -0.3 is 11.5 Å². The van der Waals surface area contributed by atoms with Crippen LogP contribution in [0.2, 0.25) is 0 Å². The Morgan fingerprint density at radius 2 is 2.25 bits per heavy atom. The molecule has 0 radical (unpaired) electrons. The lowest BCUT2D eigenvalue weighted by Crippen LogP contribution is -2.21. The zero-order valence-electron chi connectivity index (χ0n) is 7.16. The largest absolute Gasteiger partial charge is 0.370 e. The highest BCUT2D eigenvalue weighted by Gasteiger charge is 2.03. The first-order valence-corrected chi connectivity index (χ1v) is 4.51. The van der Waals surface area contributed by atoms with E-state index in [1.807, 2.05) is 6.92 Å². The Morgan fingerprint density at radius 1 is 1.58 bits per heavy atom. The highest BCUT2D eigenvalue weighted by Crippen LogP contribution is 2.24. The predicted octanol–water partition coefficient (Wildman–Crippen LogP) is 0.919. The molecule has 0 bridgehead atoms. The number of guanidine groups is 1. The molecular formula is C7H12N4S. The van der Waals surface area contributed by atoms with E-state index in [-0.39, 0.29) is 5.96 Å². The van der Waals surface area contributed by atoms with Gasteiger partial charge in [0.1, 0.15) is 0 Å². The van der Waals surface area contributed by atoms with Crippen LogP contribution in [0.15, 0.2) is 4.99 Å². The third-order valence-electron chi connectivity index (χ3n) is 1.43. The molecular weight excluding hydrogens is 172 g/mol. The standard InChI is InChI=1S/C7H12N4S/c1-3-5-4(2)10-7(12-5)11-6(8)9/h3H2,1-2H3,(H4,8,9,10,11). The van der Waals surface area contributed by atoms with Gasteiger partial charge in [0.15, 0.2) is 5.96 Å². The quantitative estimate of drug-likeness (QED) is 0.530. The second-order valence-electron chi connectivity index (χ2n) is 2.40. The van der Waals surface area contributed by atoms with Crippen molar-refractivity contribution in [1.82, 2.24) is 4.98 Å². The molecule has 0 unspecified atom stereocenters. The number of aryl methyl sites for hydroxylation is 2. The molecule has 4 nitrogen and oxygen atoms in total. The van der Waals surface area contributed by atoms with Crippen molar-refractivity contribution in [2.45, 2.75) is 20.3 Å². The van der Waals surface area contributed by atoms with Crippen LogP contribution in [0.1, 0.15) is 17.5 Å². The van der Waals surface area contributed by atoms with Gasteiger partial charge in [0, 0.05) is 4.88 Å². The molecule has 0 spiro atoms. The van der Waals surface area contributed by atoms with E-state index in [4.69, 9.17) is 11.5 Å². The molecule has 12 heavy (non-hydrogen) atoms. The smallest absolute Gasteiger partial charge is 0.212 e. The number of hydrogen-bond acceptors (Lipinski definition) is 3. The van der Waals surface area contributed by atoms with Crippen LogP contribution in [0, 0.1) is 6.92 Å². The molecule has 4 N–H and O–H groups in total. The third-order valence-corrected chi connectivity index (χ3v) is 2.62. The van der Waals surface area contributed by atoms with Gasteiger partial charge in [-0.05, 0) is 13.3 Å². The number of rotatable bonds is 2. The second kappa shape index (κ2) is 3.53. The van der Waals surface area contributed by atoms with Crippen LogP contribution in [0.4, 0.5) is 5.13 Å². The van der Waals surface area contributed by atoms with Gasteiger partial charge in [-0.2, -0.15) is 4.99 Å². The number of aliphatic imine (C=N–C) groups is 1. The summed E-state index contributed by atoms with van der Waals surface area (Å²) in [6.07, 6.45) is 0.976. The molecule has 1 heterocycles. The second-order valence-corrected chi connectivity index (χ2v) is 3.46. The molecule has 0 aromatic carbocycles. The molecule has 1 rings (SSSR count). The van der Waals surface area contributed by atoms with Crippen molar-refractivity contribution in [1.29, 1.82) is 0 Å². The van der Waals surface area contributed by atoms with E-state index in [2.05, 4.69) is 16.9 Å². The third kappa shape index (κ3) is 1.94. The van der Waals surface area contributed by atoms with Crippen molar-refractivity contribution in [2.24, 2.45) is 16.5 Å². The van der Waals surface area contributed by atoms with Gasteiger partial charge in [0.25, 0.3) is 0 Å². The van der Waals surface area contributed by atoms with E-state index in [0.29, 0.717) is 5.13 Å². The summed E-state index contributed by atoms with van der Waals surface area (Å²) in [6, 6.07) is 0. The summed E-state index contributed by atoms with van der Waals surface area (Å²) in [6.45, 7) is 4.04. The molecule has 0 aliphatic carbocycles. The molecule has 1 aromatic rings. The van der Waals surface area contributed by atoms with Crippen molar-refractivity contribution < 1.29 is 0 Å². The molecule has 0 atom stereocenters. The van der Waals surface area contributed by atoms with Crippen molar-refractivity contribution >= 4 is 22.4 Å². The lowest BCUT2D eigenvalue weighted by molar-refractivity contribution is 1.11. The Morgan fingerprint density at radius 3 is 2.67 bits per heavy atom. The molecule has 1 aromatic heterocycles. The molecule has 0 aliphatic heterocycles. The predicted molar refractivity (Wildman–Crippen MR) is 51.7 cm³/mol. The van der Waals surface area contributed by atoms with Gasteiger partial charge in [0.2, 0.25) is 5.13 Å². The minimum atomic E-state index is 0.0615. The zero-order valence-corrected chi connectivity index (χ0v) is 7.98. The van der Waals surface area contributed by atoms with Crippen LogP contribution >= 0.6 is 11.3 Å². The Bertz CT molecular complexity index is 298. The first-order chi connectivity index (χ1) is 5.63. The molecule has 0 amide bonds. The average Bonchev–Trinajstić information content (AvgIpc) is 2.29. The molecule has 5 heteroatoms. The van der Waals surface area contributed by atoms with E-state index >= 15 is 0 Å². The minimum Gasteiger partial charge on any atom is -0.370 e. The van der Waals surface area contributed by atoms with Gasteiger partial charge in [-0.1, -0.05) is 18.3 Å². The summed E-state index contributed by atoms with van der Waals surface area (Å²) in [4.78, 5) is 9.29. The number of nitrogens with zero attached hydrogens (tertiary/aromatic N) is 2. The highest BCUT2D eigenvalue weighted by atomic mass is 32.1. The molecule has 0 saturated carbocycles. The Kier molecular flexibility index (Phi) is 2.65. The summed E-state index contributed by atoms with van der Waals surface area (Å²) in [5.74, 6) is 0.0615. The molecule has 66 valence electrons. The van der Waals surface area contributed by atoms with E-state index in [1.54, 1.807) is 0 Å². The Balaban J connectivity index is 2.97. The topological polar surface area (TPSA) is 77.3 Å². The first kappa shape index (κ1) is 8.99. The highest BCUT2D eigenvalue weighted by molar-refractivity contribution is 7.15.